The zero-order chi connectivity index (χ0) is 18.7. The Morgan fingerprint density at radius 3 is 2.48 bits per heavy atom. The summed E-state index contributed by atoms with van der Waals surface area (Å²) in [5.41, 5.74) is 0.985. The lowest BCUT2D eigenvalue weighted by Gasteiger charge is -2.27. The van der Waals surface area contributed by atoms with Gasteiger partial charge in [0.05, 0.1) is 12.2 Å². The van der Waals surface area contributed by atoms with Gasteiger partial charge < -0.3 is 14.6 Å². The number of carboxylic acid groups (broad SMARTS) is 1. The van der Waals surface area contributed by atoms with E-state index in [1.54, 1.807) is 0 Å². The summed E-state index contributed by atoms with van der Waals surface area (Å²) in [4.78, 5) is 10.9. The van der Waals surface area contributed by atoms with Crippen molar-refractivity contribution in [2.75, 3.05) is 0 Å². The van der Waals surface area contributed by atoms with Crippen LogP contribution < -0.4 is 4.74 Å². The van der Waals surface area contributed by atoms with Gasteiger partial charge in [0.1, 0.15) is 11.5 Å². The fourth-order valence-electron chi connectivity index (χ4n) is 4.43. The van der Waals surface area contributed by atoms with Gasteiger partial charge >= 0.3 is 5.97 Å². The molecule has 0 aromatic heterocycles. The van der Waals surface area contributed by atoms with Crippen LogP contribution in [0.5, 0.6) is 11.5 Å². The molecule has 0 atom stereocenters. The number of allylic oxidation sites excluding steroid dienone is 1. The first kappa shape index (κ1) is 17.8. The highest BCUT2D eigenvalue weighted by molar-refractivity contribution is 5.79. The molecule has 0 amide bonds. The van der Waals surface area contributed by atoms with Crippen LogP contribution in [0, 0.1) is 5.41 Å². The summed E-state index contributed by atoms with van der Waals surface area (Å²) in [5, 5.41) is 8.92. The molecule has 0 spiro atoms. The highest BCUT2D eigenvalue weighted by Gasteiger charge is 2.53. The standard InChI is InChI=1S/C23H24O4/c24-21(25)9-10-22-11-13-23(17-22,14-12-22)26-16-18-5-4-8-20(15-18)27-19-6-2-1-3-7-19/h1-10,15H,11-14,16-17H2,(H,24,25)/b10-9+. The van der Waals surface area contributed by atoms with E-state index in [1.807, 2.05) is 54.6 Å². The fourth-order valence-corrected chi connectivity index (χ4v) is 4.43. The van der Waals surface area contributed by atoms with Gasteiger partial charge in [-0.25, -0.2) is 4.79 Å². The van der Waals surface area contributed by atoms with Crippen molar-refractivity contribution < 1.29 is 19.4 Å². The van der Waals surface area contributed by atoms with Crippen molar-refractivity contribution in [3.8, 4) is 11.5 Å². The van der Waals surface area contributed by atoms with Crippen LogP contribution in [0.25, 0.3) is 0 Å². The lowest BCUT2D eigenvalue weighted by atomic mass is 9.84. The molecular weight excluding hydrogens is 340 g/mol. The number of fused-ring (bicyclic) bond motifs is 2. The molecule has 27 heavy (non-hydrogen) atoms. The molecule has 2 aliphatic rings. The quantitative estimate of drug-likeness (QED) is 0.674. The molecule has 0 heterocycles. The van der Waals surface area contributed by atoms with Crippen molar-refractivity contribution in [3.05, 3.63) is 72.3 Å². The van der Waals surface area contributed by atoms with Gasteiger partial charge in [-0.1, -0.05) is 36.4 Å². The van der Waals surface area contributed by atoms with Crippen molar-refractivity contribution in [1.29, 1.82) is 0 Å². The summed E-state index contributed by atoms with van der Waals surface area (Å²) in [6.07, 6.45) is 8.12. The van der Waals surface area contributed by atoms with Crippen molar-refractivity contribution in [1.82, 2.24) is 0 Å². The van der Waals surface area contributed by atoms with Crippen LogP contribution in [-0.2, 0) is 16.1 Å². The normalized spacial score (nSPS) is 26.5. The average molecular weight is 364 g/mol. The molecule has 140 valence electrons. The van der Waals surface area contributed by atoms with Crippen molar-refractivity contribution in [2.24, 2.45) is 5.41 Å². The summed E-state index contributed by atoms with van der Waals surface area (Å²) in [7, 11) is 0. The van der Waals surface area contributed by atoms with Crippen LogP contribution in [-0.4, -0.2) is 16.7 Å². The predicted molar refractivity (Wildman–Crippen MR) is 103 cm³/mol. The maximum Gasteiger partial charge on any atom is 0.327 e. The fraction of sp³-hybridized carbons (Fsp3) is 0.348. The van der Waals surface area contributed by atoms with Crippen LogP contribution >= 0.6 is 0 Å². The van der Waals surface area contributed by atoms with E-state index in [-0.39, 0.29) is 11.0 Å². The molecule has 2 saturated carbocycles. The molecule has 2 bridgehead atoms. The van der Waals surface area contributed by atoms with Crippen molar-refractivity contribution in [3.63, 3.8) is 0 Å². The highest BCUT2D eigenvalue weighted by Crippen LogP contribution is 2.59. The number of hydrogen-bond acceptors (Lipinski definition) is 3. The maximum absolute atomic E-state index is 10.9. The Hall–Kier alpha value is -2.59. The van der Waals surface area contributed by atoms with Crippen LogP contribution in [0.2, 0.25) is 0 Å². The summed E-state index contributed by atoms with van der Waals surface area (Å²) < 4.78 is 12.3. The predicted octanol–water partition coefficient (Wildman–Crippen LogP) is 5.34. The third kappa shape index (κ3) is 4.06. The average Bonchev–Trinajstić information content (AvgIpc) is 3.23. The minimum absolute atomic E-state index is 0.0106. The van der Waals surface area contributed by atoms with Crippen LogP contribution in [0.3, 0.4) is 0 Å². The molecule has 4 rings (SSSR count). The molecule has 1 N–H and O–H groups in total. The number of aliphatic carboxylic acids is 1. The molecule has 0 radical (unpaired) electrons. The van der Waals surface area contributed by atoms with Gasteiger partial charge in [0.25, 0.3) is 0 Å². The Balaban J connectivity index is 1.38. The lowest BCUT2D eigenvalue weighted by Crippen LogP contribution is -2.26. The Bertz CT molecular complexity index is 832. The first-order chi connectivity index (χ1) is 13.1. The molecule has 0 saturated heterocycles. The van der Waals surface area contributed by atoms with Gasteiger partial charge in [0, 0.05) is 6.08 Å². The number of carboxylic acids is 1. The topological polar surface area (TPSA) is 55.8 Å². The zero-order valence-electron chi connectivity index (χ0n) is 15.3. The number of rotatable bonds is 7. The van der Waals surface area contributed by atoms with Gasteiger partial charge in [-0.3, -0.25) is 0 Å². The zero-order valence-corrected chi connectivity index (χ0v) is 15.3. The number of carbonyl (C=O) groups is 1. The monoisotopic (exact) mass is 364 g/mol. The summed E-state index contributed by atoms with van der Waals surface area (Å²) in [6, 6.07) is 17.7. The first-order valence-electron chi connectivity index (χ1n) is 9.45. The Morgan fingerprint density at radius 2 is 1.74 bits per heavy atom. The van der Waals surface area contributed by atoms with Gasteiger partial charge in [-0.05, 0) is 67.3 Å². The molecule has 2 aromatic rings. The number of benzene rings is 2. The van der Waals surface area contributed by atoms with Crippen molar-refractivity contribution >= 4 is 5.97 Å². The largest absolute Gasteiger partial charge is 0.478 e. The smallest absolute Gasteiger partial charge is 0.327 e. The van der Waals surface area contributed by atoms with Gasteiger partial charge in [0.15, 0.2) is 0 Å². The van der Waals surface area contributed by atoms with E-state index in [9.17, 15) is 4.79 Å². The second-order valence-corrected chi connectivity index (χ2v) is 7.74. The number of ether oxygens (including phenoxy) is 2. The van der Waals surface area contributed by atoms with E-state index in [2.05, 4.69) is 6.07 Å². The third-order valence-corrected chi connectivity index (χ3v) is 5.83. The SMILES string of the molecule is O=C(O)/C=C/C12CCC(OCc3cccc(Oc4ccccc4)c3)(CC1)C2. The minimum Gasteiger partial charge on any atom is -0.478 e. The Labute approximate surface area is 159 Å². The molecule has 2 aromatic carbocycles. The third-order valence-electron chi connectivity index (χ3n) is 5.83. The van der Waals surface area contributed by atoms with E-state index >= 15 is 0 Å². The van der Waals surface area contributed by atoms with Crippen molar-refractivity contribution in [2.45, 2.75) is 44.3 Å². The second-order valence-electron chi connectivity index (χ2n) is 7.74. The van der Waals surface area contributed by atoms with Gasteiger partial charge in [-0.2, -0.15) is 0 Å². The Morgan fingerprint density at radius 1 is 1.00 bits per heavy atom. The lowest BCUT2D eigenvalue weighted by molar-refractivity contribution is -0.131. The molecule has 0 aliphatic heterocycles. The summed E-state index contributed by atoms with van der Waals surface area (Å²) >= 11 is 0. The number of para-hydroxylation sites is 1. The molecule has 4 nitrogen and oxygen atoms in total. The van der Waals surface area contributed by atoms with Crippen LogP contribution in [0.1, 0.15) is 37.7 Å². The Kier molecular flexibility index (Phi) is 4.75. The van der Waals surface area contributed by atoms with E-state index in [4.69, 9.17) is 14.6 Å². The molecule has 4 heteroatoms. The maximum atomic E-state index is 10.9. The highest BCUT2D eigenvalue weighted by atomic mass is 16.5. The second kappa shape index (κ2) is 7.20. The van der Waals surface area contributed by atoms with Gasteiger partial charge in [0.2, 0.25) is 0 Å². The summed E-state index contributed by atoms with van der Waals surface area (Å²) in [6.45, 7) is 0.546. The molecule has 2 fully saturated rings. The van der Waals surface area contributed by atoms with E-state index in [1.165, 1.54) is 6.08 Å². The molecular formula is C23H24O4. The molecule has 2 aliphatic carbocycles. The van der Waals surface area contributed by atoms with Gasteiger partial charge in [-0.15, -0.1) is 0 Å². The van der Waals surface area contributed by atoms with E-state index in [0.29, 0.717) is 6.61 Å². The summed E-state index contributed by atoms with van der Waals surface area (Å²) in [5.74, 6) is 0.747. The number of hydrogen-bond donors (Lipinski definition) is 1. The van der Waals surface area contributed by atoms with Crippen LogP contribution in [0.15, 0.2) is 66.7 Å². The molecule has 0 unspecified atom stereocenters. The van der Waals surface area contributed by atoms with Crippen LogP contribution in [0.4, 0.5) is 0 Å². The first-order valence-corrected chi connectivity index (χ1v) is 9.45. The van der Waals surface area contributed by atoms with E-state index in [0.717, 1.165) is 49.2 Å². The van der Waals surface area contributed by atoms with E-state index < -0.39 is 5.97 Å². The minimum atomic E-state index is -0.870.